The highest BCUT2D eigenvalue weighted by molar-refractivity contribution is 5.05. The Bertz CT molecular complexity index is 340. The van der Waals surface area contributed by atoms with Crippen molar-refractivity contribution >= 4 is 0 Å². The smallest absolute Gasteiger partial charge is 0.122 e. The van der Waals surface area contributed by atoms with E-state index in [0.29, 0.717) is 12.1 Å². The van der Waals surface area contributed by atoms with Gasteiger partial charge in [-0.2, -0.15) is 0 Å². The summed E-state index contributed by atoms with van der Waals surface area (Å²) in [5.41, 5.74) is 0. The van der Waals surface area contributed by atoms with Crippen LogP contribution in [0.25, 0.3) is 0 Å². The van der Waals surface area contributed by atoms with E-state index in [4.69, 9.17) is 4.42 Å². The van der Waals surface area contributed by atoms with Gasteiger partial charge in [-0.1, -0.05) is 13.3 Å². The predicted molar refractivity (Wildman–Crippen MR) is 79.2 cm³/mol. The van der Waals surface area contributed by atoms with Crippen molar-refractivity contribution in [3.63, 3.8) is 0 Å². The Kier molecular flexibility index (Phi) is 5.46. The number of hydrogen-bond donors (Lipinski definition) is 1. The molecule has 1 heterocycles. The van der Waals surface area contributed by atoms with E-state index in [0.717, 1.165) is 18.2 Å². The standard InChI is InChI=1S/C16H28N2O/c1-4-13-7-9-14(10-8-13)17-12-15(18(2)3)16-6-5-11-19-16/h5-6,11,13-15,17H,4,7-10,12H2,1-3H3. The first-order chi connectivity index (χ1) is 9.20. The molecule has 2 rings (SSSR count). The van der Waals surface area contributed by atoms with Crippen LogP contribution in [0.3, 0.4) is 0 Å². The van der Waals surface area contributed by atoms with Gasteiger partial charge in [0.15, 0.2) is 0 Å². The molecule has 1 saturated carbocycles. The van der Waals surface area contributed by atoms with Gasteiger partial charge in [-0.15, -0.1) is 0 Å². The average molecular weight is 264 g/mol. The van der Waals surface area contributed by atoms with Gasteiger partial charge in [0, 0.05) is 12.6 Å². The lowest BCUT2D eigenvalue weighted by Crippen LogP contribution is -2.39. The second-order valence-corrected chi connectivity index (χ2v) is 6.03. The molecule has 1 fully saturated rings. The van der Waals surface area contributed by atoms with Gasteiger partial charge < -0.3 is 9.73 Å². The number of nitrogens with zero attached hydrogens (tertiary/aromatic N) is 1. The third-order valence-corrected chi connectivity index (χ3v) is 4.52. The summed E-state index contributed by atoms with van der Waals surface area (Å²) in [5, 5.41) is 3.73. The van der Waals surface area contributed by atoms with Gasteiger partial charge in [0.1, 0.15) is 5.76 Å². The van der Waals surface area contributed by atoms with Gasteiger partial charge in [-0.25, -0.2) is 0 Å². The minimum absolute atomic E-state index is 0.332. The summed E-state index contributed by atoms with van der Waals surface area (Å²) in [4.78, 5) is 2.23. The lowest BCUT2D eigenvalue weighted by atomic mass is 9.84. The zero-order valence-electron chi connectivity index (χ0n) is 12.6. The molecule has 1 atom stereocenters. The highest BCUT2D eigenvalue weighted by Crippen LogP contribution is 2.27. The van der Waals surface area contributed by atoms with Gasteiger partial charge in [0.05, 0.1) is 12.3 Å². The van der Waals surface area contributed by atoms with Crippen molar-refractivity contribution in [2.24, 2.45) is 5.92 Å². The summed E-state index contributed by atoms with van der Waals surface area (Å²) in [6, 6.07) is 5.07. The predicted octanol–water partition coefficient (Wildman–Crippen LogP) is 3.44. The van der Waals surface area contributed by atoms with Crippen molar-refractivity contribution in [1.29, 1.82) is 0 Å². The Morgan fingerprint density at radius 1 is 1.32 bits per heavy atom. The van der Waals surface area contributed by atoms with E-state index in [1.54, 1.807) is 6.26 Å². The minimum Gasteiger partial charge on any atom is -0.468 e. The van der Waals surface area contributed by atoms with Crippen LogP contribution in [0.2, 0.25) is 0 Å². The molecule has 1 N–H and O–H groups in total. The maximum atomic E-state index is 5.55. The normalized spacial score (nSPS) is 25.7. The third kappa shape index (κ3) is 4.08. The fraction of sp³-hybridized carbons (Fsp3) is 0.750. The number of likely N-dealkylation sites (N-methyl/N-ethyl adjacent to an activating group) is 1. The molecule has 0 saturated heterocycles. The molecule has 19 heavy (non-hydrogen) atoms. The number of nitrogens with one attached hydrogen (secondary N) is 1. The first kappa shape index (κ1) is 14.6. The van der Waals surface area contributed by atoms with Crippen LogP contribution in [0.4, 0.5) is 0 Å². The molecule has 1 aliphatic carbocycles. The van der Waals surface area contributed by atoms with Crippen molar-refractivity contribution in [2.45, 2.75) is 51.1 Å². The molecule has 0 aliphatic heterocycles. The van der Waals surface area contributed by atoms with Crippen LogP contribution in [0.15, 0.2) is 22.8 Å². The molecule has 0 aromatic carbocycles. The van der Waals surface area contributed by atoms with Crippen molar-refractivity contribution in [2.75, 3.05) is 20.6 Å². The monoisotopic (exact) mass is 264 g/mol. The Hall–Kier alpha value is -0.800. The van der Waals surface area contributed by atoms with E-state index >= 15 is 0 Å². The van der Waals surface area contributed by atoms with E-state index in [1.807, 2.05) is 6.07 Å². The molecule has 108 valence electrons. The first-order valence-corrected chi connectivity index (χ1v) is 7.64. The Morgan fingerprint density at radius 2 is 2.05 bits per heavy atom. The van der Waals surface area contributed by atoms with Crippen molar-refractivity contribution in [1.82, 2.24) is 10.2 Å². The number of rotatable bonds is 6. The van der Waals surface area contributed by atoms with Gasteiger partial charge in [-0.3, -0.25) is 4.90 Å². The summed E-state index contributed by atoms with van der Waals surface area (Å²) in [6.45, 7) is 3.29. The maximum Gasteiger partial charge on any atom is 0.122 e. The quantitative estimate of drug-likeness (QED) is 0.853. The molecule has 1 aliphatic rings. The zero-order chi connectivity index (χ0) is 13.7. The molecule has 0 amide bonds. The Labute approximate surface area is 117 Å². The van der Waals surface area contributed by atoms with E-state index in [2.05, 4.69) is 37.3 Å². The zero-order valence-corrected chi connectivity index (χ0v) is 12.6. The molecular formula is C16H28N2O. The molecule has 0 radical (unpaired) electrons. The average Bonchev–Trinajstić information content (AvgIpc) is 2.93. The highest BCUT2D eigenvalue weighted by Gasteiger charge is 2.22. The first-order valence-electron chi connectivity index (χ1n) is 7.64. The van der Waals surface area contributed by atoms with Crippen LogP contribution in [0.1, 0.15) is 50.8 Å². The van der Waals surface area contributed by atoms with E-state index in [1.165, 1.54) is 32.1 Å². The summed E-state index contributed by atoms with van der Waals surface area (Å²) >= 11 is 0. The molecule has 1 aromatic rings. The van der Waals surface area contributed by atoms with Gasteiger partial charge in [-0.05, 0) is 57.8 Å². The third-order valence-electron chi connectivity index (χ3n) is 4.52. The molecule has 0 spiro atoms. The molecule has 0 bridgehead atoms. The topological polar surface area (TPSA) is 28.4 Å². The van der Waals surface area contributed by atoms with Crippen LogP contribution >= 0.6 is 0 Å². The second kappa shape index (κ2) is 7.11. The van der Waals surface area contributed by atoms with Gasteiger partial charge in [0.2, 0.25) is 0 Å². The van der Waals surface area contributed by atoms with Crippen LogP contribution in [-0.4, -0.2) is 31.6 Å². The van der Waals surface area contributed by atoms with Crippen LogP contribution in [0.5, 0.6) is 0 Å². The fourth-order valence-corrected chi connectivity index (χ4v) is 3.07. The molecule has 3 nitrogen and oxygen atoms in total. The second-order valence-electron chi connectivity index (χ2n) is 6.03. The van der Waals surface area contributed by atoms with E-state index in [-0.39, 0.29) is 0 Å². The summed E-state index contributed by atoms with van der Waals surface area (Å²) in [5.74, 6) is 2.02. The minimum atomic E-state index is 0.332. The van der Waals surface area contributed by atoms with Crippen LogP contribution in [-0.2, 0) is 0 Å². The highest BCUT2D eigenvalue weighted by atomic mass is 16.3. The number of hydrogen-bond acceptors (Lipinski definition) is 3. The maximum absolute atomic E-state index is 5.55. The van der Waals surface area contributed by atoms with Crippen LogP contribution in [0, 0.1) is 5.92 Å². The number of furan rings is 1. The Morgan fingerprint density at radius 3 is 2.58 bits per heavy atom. The SMILES string of the molecule is CCC1CCC(NCC(c2ccco2)N(C)C)CC1. The Balaban J connectivity index is 1.80. The summed E-state index contributed by atoms with van der Waals surface area (Å²) < 4.78 is 5.55. The largest absolute Gasteiger partial charge is 0.468 e. The van der Waals surface area contributed by atoms with Gasteiger partial charge in [0.25, 0.3) is 0 Å². The lowest BCUT2D eigenvalue weighted by Gasteiger charge is -2.31. The fourth-order valence-electron chi connectivity index (χ4n) is 3.07. The van der Waals surface area contributed by atoms with E-state index in [9.17, 15) is 0 Å². The lowest BCUT2D eigenvalue weighted by molar-refractivity contribution is 0.223. The molecule has 3 heteroatoms. The summed E-state index contributed by atoms with van der Waals surface area (Å²) in [6.07, 6.45) is 8.55. The molecular weight excluding hydrogens is 236 g/mol. The van der Waals surface area contributed by atoms with Gasteiger partial charge >= 0.3 is 0 Å². The van der Waals surface area contributed by atoms with Crippen molar-refractivity contribution in [3.05, 3.63) is 24.2 Å². The molecule has 1 unspecified atom stereocenters. The molecule has 1 aromatic heterocycles. The van der Waals surface area contributed by atoms with E-state index < -0.39 is 0 Å². The van der Waals surface area contributed by atoms with Crippen molar-refractivity contribution < 1.29 is 4.42 Å². The summed E-state index contributed by atoms with van der Waals surface area (Å²) in [7, 11) is 4.23. The van der Waals surface area contributed by atoms with Crippen LogP contribution < -0.4 is 5.32 Å². The van der Waals surface area contributed by atoms with Crippen molar-refractivity contribution in [3.8, 4) is 0 Å².